The fourth-order valence-electron chi connectivity index (χ4n) is 4.13. The average Bonchev–Trinajstić information content (AvgIpc) is 3.11. The largest absolute Gasteiger partial charge is 0.412 e. The highest BCUT2D eigenvalue weighted by molar-refractivity contribution is 6.08. The number of halogens is 3. The molecule has 33 heavy (non-hydrogen) atoms. The molecular formula is C23H20F3N3O4. The molecule has 2 N–H and O–H groups in total. The van der Waals surface area contributed by atoms with Crippen LogP contribution in [0.1, 0.15) is 57.7 Å². The van der Waals surface area contributed by atoms with E-state index in [-0.39, 0.29) is 36.1 Å². The summed E-state index contributed by atoms with van der Waals surface area (Å²) in [7, 11) is 0. The zero-order valence-corrected chi connectivity index (χ0v) is 17.5. The van der Waals surface area contributed by atoms with Gasteiger partial charge < -0.3 is 10.2 Å². The zero-order valence-electron chi connectivity index (χ0n) is 17.5. The number of amides is 4. The van der Waals surface area contributed by atoms with Gasteiger partial charge in [-0.1, -0.05) is 30.3 Å². The Labute approximate surface area is 186 Å². The van der Waals surface area contributed by atoms with Gasteiger partial charge in [-0.05, 0) is 42.7 Å². The number of piperidine rings is 1. The zero-order chi connectivity index (χ0) is 24.0. The van der Waals surface area contributed by atoms with Crippen molar-refractivity contribution in [3.63, 3.8) is 0 Å². The fourth-order valence-corrected chi connectivity index (χ4v) is 4.13. The molecule has 10 heteroatoms. The first-order valence-corrected chi connectivity index (χ1v) is 10.2. The topological polar surface area (TPSA) is 95.6 Å². The van der Waals surface area contributed by atoms with Crippen LogP contribution < -0.4 is 10.6 Å². The number of benzene rings is 2. The maximum absolute atomic E-state index is 13.6. The van der Waals surface area contributed by atoms with Crippen molar-refractivity contribution in [1.29, 1.82) is 0 Å². The van der Waals surface area contributed by atoms with E-state index in [1.165, 1.54) is 47.4 Å². The number of fused-ring (bicyclic) bond motifs is 1. The molecule has 1 saturated heterocycles. The van der Waals surface area contributed by atoms with Crippen LogP contribution in [0.15, 0.2) is 48.5 Å². The molecule has 7 nitrogen and oxygen atoms in total. The molecule has 0 bridgehead atoms. The number of rotatable bonds is 4. The molecule has 0 saturated carbocycles. The van der Waals surface area contributed by atoms with Crippen molar-refractivity contribution in [2.24, 2.45) is 0 Å². The van der Waals surface area contributed by atoms with Crippen molar-refractivity contribution in [2.75, 3.05) is 0 Å². The summed E-state index contributed by atoms with van der Waals surface area (Å²) in [5.41, 5.74) is -0.718. The van der Waals surface area contributed by atoms with Crippen LogP contribution in [0.25, 0.3) is 0 Å². The highest BCUT2D eigenvalue weighted by Crippen LogP contribution is 2.35. The predicted octanol–water partition coefficient (Wildman–Crippen LogP) is 2.87. The van der Waals surface area contributed by atoms with Crippen LogP contribution in [0.5, 0.6) is 0 Å². The second-order valence-electron chi connectivity index (χ2n) is 8.27. The van der Waals surface area contributed by atoms with Gasteiger partial charge in [0.2, 0.25) is 5.91 Å². The minimum Gasteiger partial charge on any atom is -0.337 e. The molecule has 2 aliphatic heterocycles. The summed E-state index contributed by atoms with van der Waals surface area (Å²) in [5, 5.41) is 4.25. The molecule has 2 aromatic rings. The van der Waals surface area contributed by atoms with Crippen LogP contribution in [0.4, 0.5) is 13.2 Å². The Bertz CT molecular complexity index is 1150. The van der Waals surface area contributed by atoms with Gasteiger partial charge in [0.25, 0.3) is 17.7 Å². The molecule has 2 heterocycles. The summed E-state index contributed by atoms with van der Waals surface area (Å²) < 4.78 is 40.8. The van der Waals surface area contributed by atoms with E-state index in [4.69, 9.17) is 0 Å². The number of hydrogen-bond acceptors (Lipinski definition) is 4. The molecule has 4 amide bonds. The maximum Gasteiger partial charge on any atom is 0.412 e. The maximum atomic E-state index is 13.6. The van der Waals surface area contributed by atoms with Gasteiger partial charge in [-0.3, -0.25) is 24.5 Å². The Balaban J connectivity index is 1.57. The van der Waals surface area contributed by atoms with Gasteiger partial charge in [-0.15, -0.1) is 0 Å². The lowest BCUT2D eigenvalue weighted by atomic mass is 9.89. The molecule has 172 valence electrons. The van der Waals surface area contributed by atoms with Crippen molar-refractivity contribution in [1.82, 2.24) is 15.5 Å². The Morgan fingerprint density at radius 3 is 2.45 bits per heavy atom. The van der Waals surface area contributed by atoms with E-state index in [1.54, 1.807) is 13.0 Å². The van der Waals surface area contributed by atoms with Gasteiger partial charge in [-0.25, -0.2) is 0 Å². The van der Waals surface area contributed by atoms with Crippen molar-refractivity contribution >= 4 is 23.6 Å². The number of carbonyl (C=O) groups is 4. The summed E-state index contributed by atoms with van der Waals surface area (Å²) in [6, 6.07) is 8.84. The normalized spacial score (nSPS) is 21.5. The Kier molecular flexibility index (Phi) is 5.47. The molecule has 0 spiro atoms. The lowest BCUT2D eigenvalue weighted by molar-refractivity contribution is -0.155. The van der Waals surface area contributed by atoms with Crippen LogP contribution in [-0.4, -0.2) is 40.2 Å². The molecule has 0 aliphatic carbocycles. The van der Waals surface area contributed by atoms with Gasteiger partial charge in [0.05, 0.1) is 0 Å². The summed E-state index contributed by atoms with van der Waals surface area (Å²) in [5.74, 6) is -2.39. The van der Waals surface area contributed by atoms with Crippen LogP contribution in [-0.2, 0) is 16.1 Å². The Hall–Kier alpha value is -3.69. The van der Waals surface area contributed by atoms with Crippen LogP contribution in [0.2, 0.25) is 0 Å². The number of imide groups is 1. The van der Waals surface area contributed by atoms with Crippen molar-refractivity contribution in [3.05, 3.63) is 70.8 Å². The summed E-state index contributed by atoms with van der Waals surface area (Å²) in [6.07, 6.45) is -4.48. The molecule has 2 atom stereocenters. The third kappa shape index (κ3) is 4.08. The van der Waals surface area contributed by atoms with Crippen molar-refractivity contribution in [3.8, 4) is 0 Å². The predicted molar refractivity (Wildman–Crippen MR) is 110 cm³/mol. The number of hydrogen-bond donors (Lipinski definition) is 2. The first kappa shape index (κ1) is 22.5. The SMILES string of the molecule is C[C@]1(N2Cc3cc(C(=O)N[C@H](c4ccccc4)C(F)(F)F)ccc3C2=O)CCC(=O)NC1=O. The standard InChI is InChI=1S/C23H20F3N3O4/c1-22(10-9-17(30)27-21(22)33)29-12-15-11-14(7-8-16(15)20(29)32)19(31)28-18(23(24,25)26)13-5-3-2-4-6-13/h2-8,11,18H,9-10,12H2,1H3,(H,28,31)(H,27,30,33)/t18-,22+/m1/s1. The summed E-state index contributed by atoms with van der Waals surface area (Å²) in [6.45, 7) is 1.55. The minimum atomic E-state index is -4.71. The second kappa shape index (κ2) is 8.02. The van der Waals surface area contributed by atoms with E-state index < -0.39 is 41.4 Å². The third-order valence-corrected chi connectivity index (χ3v) is 6.08. The average molecular weight is 459 g/mol. The lowest BCUT2D eigenvalue weighted by Crippen LogP contribution is -2.61. The molecular weight excluding hydrogens is 439 g/mol. The van der Waals surface area contributed by atoms with Crippen LogP contribution >= 0.6 is 0 Å². The van der Waals surface area contributed by atoms with Crippen molar-refractivity contribution in [2.45, 2.75) is 44.1 Å². The number of alkyl halides is 3. The van der Waals surface area contributed by atoms with E-state index >= 15 is 0 Å². The number of nitrogens with one attached hydrogen (secondary N) is 2. The van der Waals surface area contributed by atoms with Crippen LogP contribution in [0, 0.1) is 0 Å². The van der Waals surface area contributed by atoms with E-state index in [9.17, 15) is 32.3 Å². The number of carbonyl (C=O) groups excluding carboxylic acids is 4. The van der Waals surface area contributed by atoms with Gasteiger partial charge in [-0.2, -0.15) is 13.2 Å². The Morgan fingerprint density at radius 1 is 1.12 bits per heavy atom. The summed E-state index contributed by atoms with van der Waals surface area (Å²) >= 11 is 0. The van der Waals surface area contributed by atoms with E-state index in [1.807, 2.05) is 5.32 Å². The molecule has 1 fully saturated rings. The quantitative estimate of drug-likeness (QED) is 0.688. The lowest BCUT2D eigenvalue weighted by Gasteiger charge is -2.39. The smallest absolute Gasteiger partial charge is 0.337 e. The fraction of sp³-hybridized carbons (Fsp3) is 0.304. The first-order valence-electron chi connectivity index (χ1n) is 10.2. The van der Waals surface area contributed by atoms with E-state index in [0.29, 0.717) is 5.56 Å². The van der Waals surface area contributed by atoms with Crippen LogP contribution in [0.3, 0.4) is 0 Å². The molecule has 0 radical (unpaired) electrons. The molecule has 4 rings (SSSR count). The molecule has 2 aromatic carbocycles. The van der Waals surface area contributed by atoms with Gasteiger partial charge >= 0.3 is 6.18 Å². The van der Waals surface area contributed by atoms with E-state index in [2.05, 4.69) is 5.32 Å². The first-order chi connectivity index (χ1) is 15.5. The van der Waals surface area contributed by atoms with Gasteiger partial charge in [0.15, 0.2) is 6.04 Å². The van der Waals surface area contributed by atoms with Crippen molar-refractivity contribution < 1.29 is 32.3 Å². The highest BCUT2D eigenvalue weighted by Gasteiger charge is 2.48. The summed E-state index contributed by atoms with van der Waals surface area (Å²) in [4.78, 5) is 50.9. The Morgan fingerprint density at radius 2 is 1.82 bits per heavy atom. The minimum absolute atomic E-state index is 0.00518. The monoisotopic (exact) mass is 459 g/mol. The second-order valence-corrected chi connectivity index (χ2v) is 8.27. The van der Waals surface area contributed by atoms with E-state index in [0.717, 1.165) is 0 Å². The van der Waals surface area contributed by atoms with Gasteiger partial charge in [0.1, 0.15) is 5.54 Å². The third-order valence-electron chi connectivity index (χ3n) is 6.08. The molecule has 0 unspecified atom stereocenters. The molecule has 2 aliphatic rings. The van der Waals surface area contributed by atoms with Gasteiger partial charge in [0, 0.05) is 24.1 Å². The highest BCUT2D eigenvalue weighted by atomic mass is 19.4. The molecule has 0 aromatic heterocycles. The number of nitrogens with zero attached hydrogens (tertiary/aromatic N) is 1.